The number of carbonyl (C=O) groups is 1. The molecule has 0 atom stereocenters. The van der Waals surface area contributed by atoms with E-state index in [2.05, 4.69) is 9.97 Å². The van der Waals surface area contributed by atoms with Gasteiger partial charge in [-0.2, -0.15) is 0 Å². The lowest BCUT2D eigenvalue weighted by molar-refractivity contribution is 0.0999. The SMILES string of the molecule is COc1ccc(COc2ncc(C(N)=O)cn2)cc1. The van der Waals surface area contributed by atoms with Crippen LogP contribution in [-0.2, 0) is 6.61 Å². The van der Waals surface area contributed by atoms with Crippen molar-refractivity contribution in [1.82, 2.24) is 9.97 Å². The van der Waals surface area contributed by atoms with Gasteiger partial charge in [-0.05, 0) is 17.7 Å². The van der Waals surface area contributed by atoms with Crippen LogP contribution in [0.3, 0.4) is 0 Å². The van der Waals surface area contributed by atoms with E-state index in [-0.39, 0.29) is 11.6 Å². The summed E-state index contributed by atoms with van der Waals surface area (Å²) in [5.74, 6) is 0.215. The molecule has 6 heteroatoms. The summed E-state index contributed by atoms with van der Waals surface area (Å²) < 4.78 is 10.4. The molecule has 0 fully saturated rings. The number of rotatable bonds is 5. The third kappa shape index (κ3) is 3.41. The molecular weight excluding hydrogens is 246 g/mol. The maximum absolute atomic E-state index is 10.8. The molecule has 2 aromatic rings. The molecule has 0 spiro atoms. The number of benzene rings is 1. The molecule has 0 saturated carbocycles. The van der Waals surface area contributed by atoms with E-state index in [1.54, 1.807) is 7.11 Å². The number of nitrogens with two attached hydrogens (primary N) is 1. The zero-order valence-corrected chi connectivity index (χ0v) is 10.4. The van der Waals surface area contributed by atoms with Gasteiger partial charge in [-0.3, -0.25) is 4.79 Å². The highest BCUT2D eigenvalue weighted by Gasteiger charge is 2.03. The predicted molar refractivity (Wildman–Crippen MR) is 67.9 cm³/mol. The Morgan fingerprint density at radius 1 is 1.21 bits per heavy atom. The molecule has 0 aliphatic heterocycles. The van der Waals surface area contributed by atoms with Gasteiger partial charge in [0.15, 0.2) is 0 Å². The third-order valence-electron chi connectivity index (χ3n) is 2.44. The molecule has 6 nitrogen and oxygen atoms in total. The first-order valence-corrected chi connectivity index (χ1v) is 5.56. The van der Waals surface area contributed by atoms with E-state index in [0.29, 0.717) is 6.61 Å². The van der Waals surface area contributed by atoms with Crippen LogP contribution in [0.2, 0.25) is 0 Å². The van der Waals surface area contributed by atoms with E-state index in [9.17, 15) is 4.79 Å². The maximum atomic E-state index is 10.8. The highest BCUT2D eigenvalue weighted by Crippen LogP contribution is 2.12. The number of nitrogens with zero attached hydrogens (tertiary/aromatic N) is 2. The minimum Gasteiger partial charge on any atom is -0.497 e. The van der Waals surface area contributed by atoms with Gasteiger partial charge in [0.1, 0.15) is 12.4 Å². The second-order valence-electron chi connectivity index (χ2n) is 3.76. The highest BCUT2D eigenvalue weighted by atomic mass is 16.5. The summed E-state index contributed by atoms with van der Waals surface area (Å²) in [4.78, 5) is 18.6. The van der Waals surface area contributed by atoms with Crippen LogP contribution in [0, 0.1) is 0 Å². The van der Waals surface area contributed by atoms with Gasteiger partial charge < -0.3 is 15.2 Å². The predicted octanol–water partition coefficient (Wildman–Crippen LogP) is 1.16. The molecular formula is C13H13N3O3. The summed E-state index contributed by atoms with van der Waals surface area (Å²) >= 11 is 0. The number of amides is 1. The van der Waals surface area contributed by atoms with Crippen LogP contribution < -0.4 is 15.2 Å². The Balaban J connectivity index is 1.95. The van der Waals surface area contributed by atoms with E-state index in [0.717, 1.165) is 11.3 Å². The molecule has 0 saturated heterocycles. The number of carbonyl (C=O) groups excluding carboxylic acids is 1. The monoisotopic (exact) mass is 259 g/mol. The number of hydrogen-bond acceptors (Lipinski definition) is 5. The Kier molecular flexibility index (Phi) is 3.92. The number of aromatic nitrogens is 2. The average molecular weight is 259 g/mol. The van der Waals surface area contributed by atoms with Crippen molar-refractivity contribution in [2.24, 2.45) is 5.73 Å². The molecule has 1 amide bonds. The summed E-state index contributed by atoms with van der Waals surface area (Å²) in [7, 11) is 1.61. The van der Waals surface area contributed by atoms with Gasteiger partial charge >= 0.3 is 6.01 Å². The first kappa shape index (κ1) is 12.8. The van der Waals surface area contributed by atoms with Crippen LogP contribution in [0.1, 0.15) is 15.9 Å². The summed E-state index contributed by atoms with van der Waals surface area (Å²) in [5.41, 5.74) is 6.29. The molecule has 19 heavy (non-hydrogen) atoms. The number of ether oxygens (including phenoxy) is 2. The van der Waals surface area contributed by atoms with E-state index >= 15 is 0 Å². The lowest BCUT2D eigenvalue weighted by Gasteiger charge is -2.05. The van der Waals surface area contributed by atoms with Gasteiger partial charge in [0.25, 0.3) is 5.91 Å². The minimum absolute atomic E-state index is 0.195. The largest absolute Gasteiger partial charge is 0.497 e. The zero-order valence-electron chi connectivity index (χ0n) is 10.4. The Morgan fingerprint density at radius 3 is 2.37 bits per heavy atom. The van der Waals surface area contributed by atoms with Crippen LogP contribution >= 0.6 is 0 Å². The molecule has 1 aromatic carbocycles. The van der Waals surface area contributed by atoms with Crippen LogP contribution in [0.25, 0.3) is 0 Å². The van der Waals surface area contributed by atoms with Gasteiger partial charge in [-0.15, -0.1) is 0 Å². The van der Waals surface area contributed by atoms with Crippen molar-refractivity contribution >= 4 is 5.91 Å². The average Bonchev–Trinajstić information content (AvgIpc) is 2.46. The van der Waals surface area contributed by atoms with Crippen LogP contribution in [0.15, 0.2) is 36.7 Å². The molecule has 2 rings (SSSR count). The van der Waals surface area contributed by atoms with Crippen LogP contribution in [-0.4, -0.2) is 23.0 Å². The van der Waals surface area contributed by atoms with Crippen LogP contribution in [0.5, 0.6) is 11.8 Å². The second kappa shape index (κ2) is 5.81. The molecule has 0 bridgehead atoms. The quantitative estimate of drug-likeness (QED) is 0.870. The number of primary amides is 1. The van der Waals surface area contributed by atoms with Crippen molar-refractivity contribution in [3.05, 3.63) is 47.8 Å². The Hall–Kier alpha value is -2.63. The Bertz CT molecular complexity index is 552. The maximum Gasteiger partial charge on any atom is 0.316 e. The molecule has 1 aromatic heterocycles. The molecule has 0 aliphatic carbocycles. The van der Waals surface area contributed by atoms with E-state index in [1.807, 2.05) is 24.3 Å². The second-order valence-corrected chi connectivity index (χ2v) is 3.76. The molecule has 2 N–H and O–H groups in total. The summed E-state index contributed by atoms with van der Waals surface area (Å²) in [6.45, 7) is 0.333. The summed E-state index contributed by atoms with van der Waals surface area (Å²) in [6, 6.07) is 7.65. The minimum atomic E-state index is -0.568. The van der Waals surface area contributed by atoms with Crippen molar-refractivity contribution in [2.45, 2.75) is 6.61 Å². The summed E-state index contributed by atoms with van der Waals surface area (Å²) in [6.07, 6.45) is 2.66. The molecule has 0 unspecified atom stereocenters. The fourth-order valence-electron chi connectivity index (χ4n) is 1.39. The standard InChI is InChI=1S/C13H13N3O3/c1-18-11-4-2-9(3-5-11)8-19-13-15-6-10(7-16-13)12(14)17/h2-7H,8H2,1H3,(H2,14,17). The Labute approximate surface area is 110 Å². The Morgan fingerprint density at radius 2 is 1.84 bits per heavy atom. The van der Waals surface area contributed by atoms with Crippen molar-refractivity contribution in [3.8, 4) is 11.8 Å². The van der Waals surface area contributed by atoms with E-state index < -0.39 is 5.91 Å². The normalized spacial score (nSPS) is 9.95. The van der Waals surface area contributed by atoms with E-state index in [1.165, 1.54) is 12.4 Å². The van der Waals surface area contributed by atoms with Gasteiger partial charge in [0.05, 0.1) is 12.7 Å². The lowest BCUT2D eigenvalue weighted by Crippen LogP contribution is -2.12. The van der Waals surface area contributed by atoms with Gasteiger partial charge in [-0.25, -0.2) is 9.97 Å². The molecule has 1 heterocycles. The van der Waals surface area contributed by atoms with Gasteiger partial charge in [0, 0.05) is 12.4 Å². The van der Waals surface area contributed by atoms with Gasteiger partial charge in [0.2, 0.25) is 0 Å². The highest BCUT2D eigenvalue weighted by molar-refractivity contribution is 5.92. The zero-order chi connectivity index (χ0) is 13.7. The number of methoxy groups -OCH3 is 1. The van der Waals surface area contributed by atoms with Gasteiger partial charge in [-0.1, -0.05) is 12.1 Å². The molecule has 0 aliphatic rings. The fourth-order valence-corrected chi connectivity index (χ4v) is 1.39. The first-order chi connectivity index (χ1) is 9.19. The first-order valence-electron chi connectivity index (χ1n) is 5.56. The topological polar surface area (TPSA) is 87.3 Å². The van der Waals surface area contributed by atoms with E-state index in [4.69, 9.17) is 15.2 Å². The number of hydrogen-bond donors (Lipinski definition) is 1. The summed E-state index contributed by atoms with van der Waals surface area (Å²) in [5, 5.41) is 0. The van der Waals surface area contributed by atoms with Crippen molar-refractivity contribution in [1.29, 1.82) is 0 Å². The fraction of sp³-hybridized carbons (Fsp3) is 0.154. The third-order valence-corrected chi connectivity index (χ3v) is 2.44. The molecule has 98 valence electrons. The van der Waals surface area contributed by atoms with Crippen molar-refractivity contribution in [3.63, 3.8) is 0 Å². The van der Waals surface area contributed by atoms with Crippen LogP contribution in [0.4, 0.5) is 0 Å². The van der Waals surface area contributed by atoms with Crippen molar-refractivity contribution < 1.29 is 14.3 Å². The molecule has 0 radical (unpaired) electrons. The smallest absolute Gasteiger partial charge is 0.316 e. The lowest BCUT2D eigenvalue weighted by atomic mass is 10.2. The van der Waals surface area contributed by atoms with Crippen molar-refractivity contribution in [2.75, 3.05) is 7.11 Å².